The van der Waals surface area contributed by atoms with Gasteiger partial charge in [0.25, 0.3) is 11.8 Å². The first-order chi connectivity index (χ1) is 11.5. The molecule has 1 atom stereocenters. The molecule has 0 saturated carbocycles. The van der Waals surface area contributed by atoms with E-state index in [4.69, 9.17) is 0 Å². The van der Waals surface area contributed by atoms with E-state index in [1.165, 1.54) is 11.1 Å². The number of carbonyl (C=O) groups excluding carboxylic acids is 2. The average molecular weight is 328 g/mol. The highest BCUT2D eigenvalue weighted by Crippen LogP contribution is 2.40. The number of likely N-dealkylation sites (N-methyl/N-ethyl adjacent to an activating group) is 1. The number of carbonyl (C=O) groups is 2. The van der Waals surface area contributed by atoms with Gasteiger partial charge in [-0.05, 0) is 12.8 Å². The van der Waals surface area contributed by atoms with Gasteiger partial charge in [0.2, 0.25) is 0 Å². The first-order valence-corrected chi connectivity index (χ1v) is 7.75. The van der Waals surface area contributed by atoms with Gasteiger partial charge in [-0.1, -0.05) is 0 Å². The second kappa shape index (κ2) is 6.03. The molecule has 0 aliphatic carbocycles. The number of likely N-dealkylation sites (tertiary alicyclic amines) is 1. The van der Waals surface area contributed by atoms with Gasteiger partial charge in [0.05, 0.1) is 23.7 Å². The predicted octanol–water partition coefficient (Wildman–Crippen LogP) is 0.430. The molecule has 3 rings (SSSR count). The predicted molar refractivity (Wildman–Crippen MR) is 85.9 cm³/mol. The van der Waals surface area contributed by atoms with Crippen molar-refractivity contribution in [3.05, 3.63) is 42.2 Å². The van der Waals surface area contributed by atoms with Crippen LogP contribution in [0.4, 0.5) is 0 Å². The minimum Gasteiger partial charge on any atom is -0.346 e. The number of rotatable bonds is 3. The van der Waals surface area contributed by atoms with Crippen molar-refractivity contribution in [1.29, 1.82) is 0 Å². The molecule has 1 aliphatic heterocycles. The minimum absolute atomic E-state index is 0.169. The molecule has 2 amide bonds. The lowest BCUT2D eigenvalue weighted by Crippen LogP contribution is -2.55. The van der Waals surface area contributed by atoms with E-state index in [9.17, 15) is 9.59 Å². The molecule has 0 N–H and O–H groups in total. The van der Waals surface area contributed by atoms with Crippen molar-refractivity contribution in [1.82, 2.24) is 29.5 Å². The molecular formula is C16H20N6O2. The van der Waals surface area contributed by atoms with Crippen molar-refractivity contribution >= 4 is 11.8 Å². The molecule has 3 heterocycles. The van der Waals surface area contributed by atoms with Gasteiger partial charge in [-0.15, -0.1) is 0 Å². The molecule has 1 saturated heterocycles. The number of nitrogens with zero attached hydrogens (tertiary/aromatic N) is 6. The standard InChI is InChI=1S/C16H20N6O2/c1-20(2)15(24)16(13-10-17-6-7-18-13)5-4-8-22(16)14(23)12-9-19-21(3)11-12/h6-7,9-11H,4-5,8H2,1-3H3/t16-/m0/s1. The maximum atomic E-state index is 13.1. The molecule has 0 spiro atoms. The Kier molecular flexibility index (Phi) is 4.04. The quantitative estimate of drug-likeness (QED) is 0.816. The Morgan fingerprint density at radius 2 is 2.04 bits per heavy atom. The van der Waals surface area contributed by atoms with Crippen LogP contribution >= 0.6 is 0 Å². The Morgan fingerprint density at radius 1 is 1.25 bits per heavy atom. The first-order valence-electron chi connectivity index (χ1n) is 7.75. The highest BCUT2D eigenvalue weighted by Gasteiger charge is 2.53. The Labute approximate surface area is 140 Å². The van der Waals surface area contributed by atoms with Gasteiger partial charge in [0.1, 0.15) is 0 Å². The smallest absolute Gasteiger partial charge is 0.258 e. The topological polar surface area (TPSA) is 84.2 Å². The number of aromatic nitrogens is 4. The first kappa shape index (κ1) is 16.1. The molecule has 126 valence electrons. The highest BCUT2D eigenvalue weighted by atomic mass is 16.2. The molecule has 24 heavy (non-hydrogen) atoms. The molecule has 2 aromatic heterocycles. The minimum atomic E-state index is -1.12. The van der Waals surface area contributed by atoms with Crippen molar-refractivity contribution in [3.8, 4) is 0 Å². The van der Waals surface area contributed by atoms with Crippen molar-refractivity contribution in [3.63, 3.8) is 0 Å². The molecule has 2 aromatic rings. The lowest BCUT2D eigenvalue weighted by atomic mass is 9.90. The summed E-state index contributed by atoms with van der Waals surface area (Å²) in [6.07, 6.45) is 9.09. The number of aryl methyl sites for hydroxylation is 1. The second-order valence-electron chi connectivity index (χ2n) is 6.11. The van der Waals surface area contributed by atoms with Gasteiger partial charge in [0.15, 0.2) is 5.54 Å². The summed E-state index contributed by atoms with van der Waals surface area (Å²) < 4.78 is 1.57. The Morgan fingerprint density at radius 3 is 2.62 bits per heavy atom. The molecule has 1 fully saturated rings. The summed E-state index contributed by atoms with van der Waals surface area (Å²) in [6, 6.07) is 0. The average Bonchev–Trinajstić information content (AvgIpc) is 3.21. The van der Waals surface area contributed by atoms with E-state index in [-0.39, 0.29) is 11.8 Å². The van der Waals surface area contributed by atoms with Crippen LogP contribution < -0.4 is 0 Å². The maximum absolute atomic E-state index is 13.1. The second-order valence-corrected chi connectivity index (χ2v) is 6.11. The lowest BCUT2D eigenvalue weighted by Gasteiger charge is -2.38. The summed E-state index contributed by atoms with van der Waals surface area (Å²) in [7, 11) is 5.12. The third kappa shape index (κ3) is 2.44. The number of amides is 2. The van der Waals surface area contributed by atoms with E-state index in [0.29, 0.717) is 24.2 Å². The van der Waals surface area contributed by atoms with Crippen LogP contribution in [0.5, 0.6) is 0 Å². The van der Waals surface area contributed by atoms with E-state index in [2.05, 4.69) is 15.1 Å². The van der Waals surface area contributed by atoms with E-state index >= 15 is 0 Å². The summed E-state index contributed by atoms with van der Waals surface area (Å²) in [6.45, 7) is 0.490. The van der Waals surface area contributed by atoms with Crippen LogP contribution in [0.15, 0.2) is 31.0 Å². The fourth-order valence-corrected chi connectivity index (χ4v) is 3.26. The van der Waals surface area contributed by atoms with Crippen molar-refractivity contribution in [2.75, 3.05) is 20.6 Å². The van der Waals surface area contributed by atoms with Crippen molar-refractivity contribution in [2.45, 2.75) is 18.4 Å². The summed E-state index contributed by atoms with van der Waals surface area (Å²) in [4.78, 5) is 37.6. The Bertz CT molecular complexity index is 757. The highest BCUT2D eigenvalue weighted by molar-refractivity contribution is 5.99. The van der Waals surface area contributed by atoms with Crippen LogP contribution in [-0.4, -0.2) is 62.0 Å². The molecular weight excluding hydrogens is 308 g/mol. The van der Waals surface area contributed by atoms with E-state index in [0.717, 1.165) is 6.42 Å². The van der Waals surface area contributed by atoms with Crippen LogP contribution in [0, 0.1) is 0 Å². The van der Waals surface area contributed by atoms with Crippen molar-refractivity contribution in [2.24, 2.45) is 7.05 Å². The van der Waals surface area contributed by atoms with Gasteiger partial charge in [0, 0.05) is 46.3 Å². The zero-order chi connectivity index (χ0) is 17.3. The molecule has 0 bridgehead atoms. The lowest BCUT2D eigenvalue weighted by molar-refractivity contribution is -0.140. The largest absolute Gasteiger partial charge is 0.346 e. The van der Waals surface area contributed by atoms with Gasteiger partial charge in [-0.25, -0.2) is 0 Å². The van der Waals surface area contributed by atoms with Crippen LogP contribution in [0.2, 0.25) is 0 Å². The maximum Gasteiger partial charge on any atom is 0.258 e. The van der Waals surface area contributed by atoms with Crippen molar-refractivity contribution < 1.29 is 9.59 Å². The Hall–Kier alpha value is -2.77. The molecule has 0 unspecified atom stereocenters. The fourth-order valence-electron chi connectivity index (χ4n) is 3.26. The third-order valence-corrected chi connectivity index (χ3v) is 4.32. The van der Waals surface area contributed by atoms with Gasteiger partial charge in [-0.2, -0.15) is 5.10 Å². The van der Waals surface area contributed by atoms with E-state index < -0.39 is 5.54 Å². The molecule has 8 heteroatoms. The normalized spacial score (nSPS) is 20.2. The Balaban J connectivity index is 2.10. The number of hydrogen-bond donors (Lipinski definition) is 0. The summed E-state index contributed by atoms with van der Waals surface area (Å²) in [5.41, 5.74) is -0.164. The van der Waals surface area contributed by atoms with E-state index in [1.54, 1.807) is 55.5 Å². The zero-order valence-electron chi connectivity index (χ0n) is 14.0. The summed E-state index contributed by atoms with van der Waals surface area (Å²) in [5, 5.41) is 4.06. The number of hydrogen-bond acceptors (Lipinski definition) is 5. The summed E-state index contributed by atoms with van der Waals surface area (Å²) >= 11 is 0. The molecule has 0 radical (unpaired) electrons. The van der Waals surface area contributed by atoms with Crippen LogP contribution in [0.1, 0.15) is 28.9 Å². The van der Waals surface area contributed by atoms with Crippen LogP contribution in [0.3, 0.4) is 0 Å². The molecule has 0 aromatic carbocycles. The van der Waals surface area contributed by atoms with Gasteiger partial charge in [-0.3, -0.25) is 24.2 Å². The monoisotopic (exact) mass is 328 g/mol. The van der Waals surface area contributed by atoms with Crippen LogP contribution in [0.25, 0.3) is 0 Å². The SMILES string of the molecule is CN(C)C(=O)[C@@]1(c2cnccn2)CCCN1C(=O)c1cnn(C)c1. The fraction of sp³-hybridized carbons (Fsp3) is 0.438. The molecule has 1 aliphatic rings. The molecule has 8 nitrogen and oxygen atoms in total. The van der Waals surface area contributed by atoms with Crippen LogP contribution in [-0.2, 0) is 17.4 Å². The summed E-state index contributed by atoms with van der Waals surface area (Å²) in [5.74, 6) is -0.390. The zero-order valence-corrected chi connectivity index (χ0v) is 14.0. The van der Waals surface area contributed by atoms with Gasteiger partial charge < -0.3 is 9.80 Å². The third-order valence-electron chi connectivity index (χ3n) is 4.32. The van der Waals surface area contributed by atoms with Gasteiger partial charge >= 0.3 is 0 Å². The van der Waals surface area contributed by atoms with E-state index in [1.807, 2.05) is 0 Å².